The molecule has 0 aliphatic carbocycles. The van der Waals surface area contributed by atoms with E-state index >= 15 is 0 Å². The first-order chi connectivity index (χ1) is 5.20. The lowest BCUT2D eigenvalue weighted by atomic mass is 10.2. The maximum Gasteiger partial charge on any atom is 0.0471 e. The SMILES string of the molecule is CCCC(C)N=CC(I)=CN. The third-order valence-corrected chi connectivity index (χ3v) is 1.96. The monoisotopic (exact) mass is 266 g/mol. The molecule has 0 amide bonds. The minimum absolute atomic E-state index is 0.421. The first-order valence-corrected chi connectivity index (χ1v) is 4.89. The highest BCUT2D eigenvalue weighted by Crippen LogP contribution is 2.03. The van der Waals surface area contributed by atoms with E-state index < -0.39 is 0 Å². The summed E-state index contributed by atoms with van der Waals surface area (Å²) in [5.74, 6) is 0. The lowest BCUT2D eigenvalue weighted by Gasteiger charge is -2.01. The Morgan fingerprint density at radius 3 is 2.82 bits per heavy atom. The zero-order chi connectivity index (χ0) is 8.69. The van der Waals surface area contributed by atoms with E-state index in [0.717, 1.165) is 10.0 Å². The normalized spacial score (nSPS) is 15.7. The molecule has 11 heavy (non-hydrogen) atoms. The van der Waals surface area contributed by atoms with Crippen LogP contribution in [0.3, 0.4) is 0 Å². The van der Waals surface area contributed by atoms with Crippen LogP contribution in [0.1, 0.15) is 26.7 Å². The van der Waals surface area contributed by atoms with Gasteiger partial charge in [-0.2, -0.15) is 0 Å². The van der Waals surface area contributed by atoms with Gasteiger partial charge in [0.25, 0.3) is 0 Å². The van der Waals surface area contributed by atoms with Crippen molar-refractivity contribution in [3.63, 3.8) is 0 Å². The average molecular weight is 266 g/mol. The molecule has 1 atom stereocenters. The highest BCUT2D eigenvalue weighted by atomic mass is 127. The molecule has 0 heterocycles. The predicted octanol–water partition coefficient (Wildman–Crippen LogP) is 2.48. The van der Waals surface area contributed by atoms with Crippen molar-refractivity contribution in [1.29, 1.82) is 0 Å². The molecule has 0 aliphatic heterocycles. The highest BCUT2D eigenvalue weighted by molar-refractivity contribution is 14.1. The molecule has 64 valence electrons. The molecular weight excluding hydrogens is 251 g/mol. The Labute approximate surface area is 82.1 Å². The van der Waals surface area contributed by atoms with Gasteiger partial charge in [-0.15, -0.1) is 0 Å². The minimum Gasteiger partial charge on any atom is -0.404 e. The van der Waals surface area contributed by atoms with Crippen LogP contribution in [0.5, 0.6) is 0 Å². The Kier molecular flexibility index (Phi) is 6.60. The van der Waals surface area contributed by atoms with E-state index in [1.807, 2.05) is 6.21 Å². The Morgan fingerprint density at radius 2 is 2.36 bits per heavy atom. The molecule has 0 aromatic carbocycles. The maximum absolute atomic E-state index is 5.27. The van der Waals surface area contributed by atoms with Gasteiger partial charge in [-0.25, -0.2) is 0 Å². The van der Waals surface area contributed by atoms with Gasteiger partial charge in [0.2, 0.25) is 0 Å². The Balaban J connectivity index is 3.72. The zero-order valence-electron chi connectivity index (χ0n) is 7.05. The molecule has 0 spiro atoms. The van der Waals surface area contributed by atoms with Crippen LogP contribution in [0, 0.1) is 0 Å². The largest absolute Gasteiger partial charge is 0.404 e. The summed E-state index contributed by atoms with van der Waals surface area (Å²) in [6.45, 7) is 4.27. The summed E-state index contributed by atoms with van der Waals surface area (Å²) in [5, 5.41) is 0. The summed E-state index contributed by atoms with van der Waals surface area (Å²) >= 11 is 2.15. The van der Waals surface area contributed by atoms with Gasteiger partial charge in [0, 0.05) is 22.0 Å². The van der Waals surface area contributed by atoms with Gasteiger partial charge in [-0.3, -0.25) is 4.99 Å². The molecule has 0 saturated heterocycles. The lowest BCUT2D eigenvalue weighted by Crippen LogP contribution is -1.97. The molecule has 0 saturated carbocycles. The van der Waals surface area contributed by atoms with E-state index in [9.17, 15) is 0 Å². The Hall–Kier alpha value is -0.0600. The van der Waals surface area contributed by atoms with Gasteiger partial charge in [0.05, 0.1) is 0 Å². The quantitative estimate of drug-likeness (QED) is 0.616. The van der Waals surface area contributed by atoms with E-state index in [1.54, 1.807) is 6.20 Å². The van der Waals surface area contributed by atoms with E-state index in [4.69, 9.17) is 5.73 Å². The van der Waals surface area contributed by atoms with Crippen LogP contribution in [0.4, 0.5) is 0 Å². The molecule has 0 bridgehead atoms. The van der Waals surface area contributed by atoms with Crippen molar-refractivity contribution in [3.8, 4) is 0 Å². The smallest absolute Gasteiger partial charge is 0.0471 e. The summed E-state index contributed by atoms with van der Waals surface area (Å²) in [6.07, 6.45) is 5.70. The second-order valence-electron chi connectivity index (χ2n) is 2.47. The van der Waals surface area contributed by atoms with Crippen molar-refractivity contribution in [1.82, 2.24) is 0 Å². The van der Waals surface area contributed by atoms with Crippen molar-refractivity contribution in [2.24, 2.45) is 10.7 Å². The number of aliphatic imine (C=N–C) groups is 1. The van der Waals surface area contributed by atoms with Crippen LogP contribution >= 0.6 is 22.6 Å². The fourth-order valence-electron chi connectivity index (χ4n) is 0.734. The van der Waals surface area contributed by atoms with Crippen molar-refractivity contribution in [3.05, 3.63) is 9.78 Å². The number of hydrogen-bond donors (Lipinski definition) is 1. The molecule has 0 aliphatic rings. The molecule has 0 fully saturated rings. The van der Waals surface area contributed by atoms with Crippen LogP contribution in [-0.4, -0.2) is 12.3 Å². The minimum atomic E-state index is 0.421. The van der Waals surface area contributed by atoms with Crippen molar-refractivity contribution in [2.75, 3.05) is 0 Å². The Bertz CT molecular complexity index is 152. The molecule has 0 radical (unpaired) electrons. The molecule has 2 N–H and O–H groups in total. The average Bonchev–Trinajstić information content (AvgIpc) is 2.01. The van der Waals surface area contributed by atoms with Crippen molar-refractivity contribution >= 4 is 28.8 Å². The number of rotatable bonds is 4. The molecule has 0 aromatic rings. The Morgan fingerprint density at radius 1 is 1.73 bits per heavy atom. The maximum atomic E-state index is 5.27. The van der Waals surface area contributed by atoms with Gasteiger partial charge >= 0.3 is 0 Å². The van der Waals surface area contributed by atoms with E-state index in [-0.39, 0.29) is 0 Å². The number of nitrogens with zero attached hydrogens (tertiary/aromatic N) is 1. The summed E-state index contributed by atoms with van der Waals surface area (Å²) in [6, 6.07) is 0.421. The zero-order valence-corrected chi connectivity index (χ0v) is 9.21. The van der Waals surface area contributed by atoms with Crippen LogP contribution < -0.4 is 5.73 Å². The molecule has 1 unspecified atom stereocenters. The third-order valence-electron chi connectivity index (χ3n) is 1.32. The van der Waals surface area contributed by atoms with Gasteiger partial charge < -0.3 is 5.73 Å². The van der Waals surface area contributed by atoms with Crippen LogP contribution in [0.2, 0.25) is 0 Å². The fraction of sp³-hybridized carbons (Fsp3) is 0.625. The topological polar surface area (TPSA) is 38.4 Å². The summed E-state index contributed by atoms with van der Waals surface area (Å²) in [7, 11) is 0. The molecule has 3 heteroatoms. The third kappa shape index (κ3) is 6.34. The van der Waals surface area contributed by atoms with Gasteiger partial charge in [-0.05, 0) is 35.9 Å². The highest BCUT2D eigenvalue weighted by Gasteiger charge is 1.93. The lowest BCUT2D eigenvalue weighted by molar-refractivity contribution is 0.657. The van der Waals surface area contributed by atoms with Gasteiger partial charge in [0.15, 0.2) is 0 Å². The van der Waals surface area contributed by atoms with Crippen molar-refractivity contribution < 1.29 is 0 Å². The number of nitrogens with two attached hydrogens (primary N) is 1. The summed E-state index contributed by atoms with van der Waals surface area (Å²) in [5.41, 5.74) is 5.27. The van der Waals surface area contributed by atoms with E-state index in [0.29, 0.717) is 6.04 Å². The van der Waals surface area contributed by atoms with Crippen LogP contribution in [0.15, 0.2) is 14.8 Å². The first-order valence-electron chi connectivity index (χ1n) is 3.81. The number of halogens is 1. The summed E-state index contributed by atoms with van der Waals surface area (Å²) < 4.78 is 0.991. The first kappa shape index (κ1) is 10.9. The number of hydrogen-bond acceptors (Lipinski definition) is 2. The van der Waals surface area contributed by atoms with Crippen LogP contribution in [0.25, 0.3) is 0 Å². The van der Waals surface area contributed by atoms with Gasteiger partial charge in [-0.1, -0.05) is 13.3 Å². The van der Waals surface area contributed by atoms with E-state index in [1.165, 1.54) is 6.42 Å². The van der Waals surface area contributed by atoms with Gasteiger partial charge in [0.1, 0.15) is 0 Å². The number of allylic oxidation sites excluding steroid dienone is 1. The molecule has 0 aromatic heterocycles. The van der Waals surface area contributed by atoms with Crippen LogP contribution in [-0.2, 0) is 0 Å². The summed E-state index contributed by atoms with van der Waals surface area (Å²) in [4.78, 5) is 4.30. The van der Waals surface area contributed by atoms with E-state index in [2.05, 4.69) is 41.4 Å². The fourth-order valence-corrected chi connectivity index (χ4v) is 0.895. The predicted molar refractivity (Wildman–Crippen MR) is 59.2 cm³/mol. The standard InChI is InChI=1S/C8H15IN2/c1-3-4-7(2)11-6-8(9)5-10/h5-7H,3-4,10H2,1-2H3. The van der Waals surface area contributed by atoms with Crippen molar-refractivity contribution in [2.45, 2.75) is 32.7 Å². The second-order valence-corrected chi connectivity index (χ2v) is 3.71. The molecule has 2 nitrogen and oxygen atoms in total. The molecular formula is C8H15IN2. The molecule has 0 rings (SSSR count). The second kappa shape index (κ2) is 6.64.